The number of amides is 1. The summed E-state index contributed by atoms with van der Waals surface area (Å²) in [6, 6.07) is 7.76. The fourth-order valence-corrected chi connectivity index (χ4v) is 2.24. The van der Waals surface area contributed by atoms with Crippen LogP contribution in [0.25, 0.3) is 0 Å². The number of nitrogens with zero attached hydrogens (tertiary/aromatic N) is 1. The van der Waals surface area contributed by atoms with Gasteiger partial charge in [0.2, 0.25) is 5.91 Å². The van der Waals surface area contributed by atoms with Crippen LogP contribution in [0, 0.1) is 5.92 Å². The standard InChI is InChI=1S/C15H23ClN2O/c1-4-13(9-17)15(19)18(11(2)3)10-12-6-5-7-14(16)8-12/h5-8,11,13H,4,9-10,17H2,1-3H3. The number of hydrogen-bond donors (Lipinski definition) is 1. The van der Waals surface area contributed by atoms with Crippen molar-refractivity contribution in [2.24, 2.45) is 11.7 Å². The molecule has 0 aliphatic heterocycles. The predicted octanol–water partition coefficient (Wildman–Crippen LogP) is 3.06. The van der Waals surface area contributed by atoms with Crippen LogP contribution >= 0.6 is 11.6 Å². The van der Waals surface area contributed by atoms with Gasteiger partial charge in [0, 0.05) is 24.2 Å². The zero-order valence-corrected chi connectivity index (χ0v) is 12.7. The summed E-state index contributed by atoms with van der Waals surface area (Å²) in [5.41, 5.74) is 6.71. The van der Waals surface area contributed by atoms with Crippen molar-refractivity contribution in [3.05, 3.63) is 34.9 Å². The molecule has 1 rings (SSSR count). The molecule has 0 aromatic heterocycles. The van der Waals surface area contributed by atoms with Crippen LogP contribution in [0.3, 0.4) is 0 Å². The van der Waals surface area contributed by atoms with Crippen LogP contribution in [0.5, 0.6) is 0 Å². The van der Waals surface area contributed by atoms with Gasteiger partial charge in [0.15, 0.2) is 0 Å². The maximum atomic E-state index is 12.4. The molecule has 1 aromatic carbocycles. The summed E-state index contributed by atoms with van der Waals surface area (Å²) in [4.78, 5) is 14.3. The molecule has 4 heteroatoms. The van der Waals surface area contributed by atoms with Gasteiger partial charge in [-0.25, -0.2) is 0 Å². The molecule has 0 bridgehead atoms. The van der Waals surface area contributed by atoms with Crippen molar-refractivity contribution in [1.82, 2.24) is 4.90 Å². The summed E-state index contributed by atoms with van der Waals surface area (Å²) in [6.45, 7) is 7.01. The van der Waals surface area contributed by atoms with E-state index in [1.807, 2.05) is 49.9 Å². The molecule has 106 valence electrons. The zero-order chi connectivity index (χ0) is 14.4. The lowest BCUT2D eigenvalue weighted by Crippen LogP contribution is -2.42. The molecule has 0 radical (unpaired) electrons. The Bertz CT molecular complexity index is 416. The average Bonchev–Trinajstić information content (AvgIpc) is 2.37. The van der Waals surface area contributed by atoms with Crippen LogP contribution in [0.1, 0.15) is 32.8 Å². The minimum absolute atomic E-state index is 0.0958. The Morgan fingerprint density at radius 1 is 1.42 bits per heavy atom. The van der Waals surface area contributed by atoms with E-state index in [9.17, 15) is 4.79 Å². The third-order valence-corrected chi connectivity index (χ3v) is 3.51. The van der Waals surface area contributed by atoms with Gasteiger partial charge in [0.25, 0.3) is 0 Å². The summed E-state index contributed by atoms with van der Waals surface area (Å²) < 4.78 is 0. The predicted molar refractivity (Wildman–Crippen MR) is 80.0 cm³/mol. The molecule has 1 aromatic rings. The number of benzene rings is 1. The van der Waals surface area contributed by atoms with Crippen molar-refractivity contribution in [1.29, 1.82) is 0 Å². The third kappa shape index (κ3) is 4.51. The quantitative estimate of drug-likeness (QED) is 0.872. The van der Waals surface area contributed by atoms with E-state index in [4.69, 9.17) is 17.3 Å². The van der Waals surface area contributed by atoms with Gasteiger partial charge < -0.3 is 10.6 Å². The summed E-state index contributed by atoms with van der Waals surface area (Å²) in [6.07, 6.45) is 0.772. The van der Waals surface area contributed by atoms with E-state index in [0.717, 1.165) is 12.0 Å². The summed E-state index contributed by atoms with van der Waals surface area (Å²) >= 11 is 5.98. The first-order valence-corrected chi connectivity index (χ1v) is 7.12. The molecule has 1 unspecified atom stereocenters. The van der Waals surface area contributed by atoms with Gasteiger partial charge in [0.05, 0.1) is 5.92 Å². The average molecular weight is 283 g/mol. The summed E-state index contributed by atoms with van der Waals surface area (Å²) in [7, 11) is 0. The fraction of sp³-hybridized carbons (Fsp3) is 0.533. The van der Waals surface area contributed by atoms with Gasteiger partial charge in [-0.1, -0.05) is 30.7 Å². The Hall–Kier alpha value is -1.06. The van der Waals surface area contributed by atoms with Gasteiger partial charge in [-0.15, -0.1) is 0 Å². The number of carbonyl (C=O) groups excluding carboxylic acids is 1. The van der Waals surface area contributed by atoms with Crippen LogP contribution in [-0.4, -0.2) is 23.4 Å². The Labute approximate surface area is 120 Å². The normalized spacial score (nSPS) is 12.5. The molecule has 0 fully saturated rings. The molecule has 0 aliphatic carbocycles. The Morgan fingerprint density at radius 3 is 2.58 bits per heavy atom. The van der Waals surface area contributed by atoms with Crippen LogP contribution in [-0.2, 0) is 11.3 Å². The van der Waals surface area contributed by atoms with Crippen LogP contribution < -0.4 is 5.73 Å². The second kappa shape index (κ2) is 7.51. The molecule has 0 saturated heterocycles. The van der Waals surface area contributed by atoms with E-state index in [1.54, 1.807) is 0 Å². The second-order valence-corrected chi connectivity index (χ2v) is 5.47. The SMILES string of the molecule is CCC(CN)C(=O)N(Cc1cccc(Cl)c1)C(C)C. The zero-order valence-electron chi connectivity index (χ0n) is 11.9. The maximum absolute atomic E-state index is 12.4. The van der Waals surface area contributed by atoms with Gasteiger partial charge in [-0.2, -0.15) is 0 Å². The number of halogens is 1. The fourth-order valence-electron chi connectivity index (χ4n) is 2.02. The molecule has 2 N–H and O–H groups in total. The van der Waals surface area contributed by atoms with Crippen molar-refractivity contribution in [3.63, 3.8) is 0 Å². The Kier molecular flexibility index (Phi) is 6.32. The van der Waals surface area contributed by atoms with Crippen molar-refractivity contribution in [2.45, 2.75) is 39.8 Å². The highest BCUT2D eigenvalue weighted by molar-refractivity contribution is 6.30. The topological polar surface area (TPSA) is 46.3 Å². The first-order chi connectivity index (χ1) is 8.99. The van der Waals surface area contributed by atoms with Crippen molar-refractivity contribution >= 4 is 17.5 Å². The highest BCUT2D eigenvalue weighted by atomic mass is 35.5. The number of hydrogen-bond acceptors (Lipinski definition) is 2. The molecular weight excluding hydrogens is 260 g/mol. The largest absolute Gasteiger partial charge is 0.336 e. The number of nitrogens with two attached hydrogens (primary N) is 1. The molecule has 1 atom stereocenters. The molecule has 19 heavy (non-hydrogen) atoms. The Morgan fingerprint density at radius 2 is 2.11 bits per heavy atom. The van der Waals surface area contributed by atoms with Gasteiger partial charge in [-0.05, 0) is 38.0 Å². The van der Waals surface area contributed by atoms with E-state index in [2.05, 4.69) is 0 Å². The minimum Gasteiger partial charge on any atom is -0.336 e. The summed E-state index contributed by atoms with van der Waals surface area (Å²) in [5, 5.41) is 0.694. The lowest BCUT2D eigenvalue weighted by molar-refractivity contribution is -0.137. The van der Waals surface area contributed by atoms with Gasteiger partial charge >= 0.3 is 0 Å². The molecule has 3 nitrogen and oxygen atoms in total. The van der Waals surface area contributed by atoms with E-state index in [1.165, 1.54) is 0 Å². The smallest absolute Gasteiger partial charge is 0.227 e. The highest BCUT2D eigenvalue weighted by Crippen LogP contribution is 2.17. The lowest BCUT2D eigenvalue weighted by Gasteiger charge is -2.30. The van der Waals surface area contributed by atoms with Crippen molar-refractivity contribution in [2.75, 3.05) is 6.54 Å². The monoisotopic (exact) mass is 282 g/mol. The molecule has 0 heterocycles. The first-order valence-electron chi connectivity index (χ1n) is 6.74. The van der Waals surface area contributed by atoms with E-state index in [0.29, 0.717) is 18.1 Å². The van der Waals surface area contributed by atoms with Crippen LogP contribution in [0.15, 0.2) is 24.3 Å². The molecular formula is C15H23ClN2O. The van der Waals surface area contributed by atoms with Crippen molar-refractivity contribution < 1.29 is 4.79 Å². The second-order valence-electron chi connectivity index (χ2n) is 5.03. The van der Waals surface area contributed by atoms with Crippen LogP contribution in [0.2, 0.25) is 5.02 Å². The van der Waals surface area contributed by atoms with Gasteiger partial charge in [-0.3, -0.25) is 4.79 Å². The number of carbonyl (C=O) groups is 1. The molecule has 1 amide bonds. The lowest BCUT2D eigenvalue weighted by atomic mass is 10.0. The molecule has 0 spiro atoms. The van der Waals surface area contributed by atoms with Crippen molar-refractivity contribution in [3.8, 4) is 0 Å². The Balaban J connectivity index is 2.87. The molecule has 0 saturated carbocycles. The van der Waals surface area contributed by atoms with E-state index >= 15 is 0 Å². The van der Waals surface area contributed by atoms with E-state index in [-0.39, 0.29) is 17.9 Å². The minimum atomic E-state index is -0.0958. The van der Waals surface area contributed by atoms with Gasteiger partial charge in [0.1, 0.15) is 0 Å². The van der Waals surface area contributed by atoms with E-state index < -0.39 is 0 Å². The number of rotatable bonds is 6. The maximum Gasteiger partial charge on any atom is 0.227 e. The van der Waals surface area contributed by atoms with Crippen LogP contribution in [0.4, 0.5) is 0 Å². The molecule has 0 aliphatic rings. The highest BCUT2D eigenvalue weighted by Gasteiger charge is 2.23. The summed E-state index contributed by atoms with van der Waals surface area (Å²) in [5.74, 6) is 0.0292. The third-order valence-electron chi connectivity index (χ3n) is 3.27. The first kappa shape index (κ1) is 16.0.